The van der Waals surface area contributed by atoms with Crippen molar-refractivity contribution < 1.29 is 14.6 Å². The van der Waals surface area contributed by atoms with Crippen molar-refractivity contribution in [1.82, 2.24) is 15.2 Å². The summed E-state index contributed by atoms with van der Waals surface area (Å²) >= 11 is 1.55. The van der Waals surface area contributed by atoms with Gasteiger partial charge in [-0.3, -0.25) is 0 Å². The number of anilines is 1. The lowest BCUT2D eigenvalue weighted by Gasteiger charge is -2.20. The van der Waals surface area contributed by atoms with Gasteiger partial charge in [0.25, 0.3) is 0 Å². The molecule has 0 bridgehead atoms. The Morgan fingerprint density at radius 2 is 2.07 bits per heavy atom. The fraction of sp³-hybridized carbons (Fsp3) is 0.250. The molecule has 1 aliphatic heterocycles. The highest BCUT2D eigenvalue weighted by Crippen LogP contribution is 2.40. The second-order valence-electron chi connectivity index (χ2n) is 6.22. The smallest absolute Gasteiger partial charge is 0.247 e. The van der Waals surface area contributed by atoms with Gasteiger partial charge in [-0.15, -0.1) is 10.2 Å². The number of phenolic OH excluding ortho intramolecular Hbond substituents is 1. The number of benzene rings is 2. The van der Waals surface area contributed by atoms with Gasteiger partial charge in [-0.05, 0) is 30.7 Å². The van der Waals surface area contributed by atoms with Gasteiger partial charge in [0, 0.05) is 22.6 Å². The van der Waals surface area contributed by atoms with Crippen LogP contribution in [0.1, 0.15) is 25.1 Å². The summed E-state index contributed by atoms with van der Waals surface area (Å²) in [6, 6.07) is 12.9. The highest BCUT2D eigenvalue weighted by Gasteiger charge is 2.26. The van der Waals surface area contributed by atoms with Crippen LogP contribution in [-0.4, -0.2) is 33.2 Å². The molecule has 2 aromatic carbocycles. The highest BCUT2D eigenvalue weighted by atomic mass is 32.2. The Bertz CT molecular complexity index is 999. The number of aromatic hydroxyl groups is 1. The molecule has 0 fully saturated rings. The predicted octanol–water partition coefficient (Wildman–Crippen LogP) is 4.26. The molecule has 1 aromatic heterocycles. The molecule has 0 saturated heterocycles. The number of nitrogens with one attached hydrogen (secondary N) is 1. The fourth-order valence-corrected chi connectivity index (χ4v) is 3.54. The van der Waals surface area contributed by atoms with Gasteiger partial charge >= 0.3 is 0 Å². The van der Waals surface area contributed by atoms with Gasteiger partial charge in [0.15, 0.2) is 23.4 Å². The fourth-order valence-electron chi connectivity index (χ4n) is 2.91. The minimum atomic E-state index is -0.530. The summed E-state index contributed by atoms with van der Waals surface area (Å²) < 4.78 is 11.4. The molecule has 3 aromatic rings. The van der Waals surface area contributed by atoms with Gasteiger partial charge in [-0.2, -0.15) is 4.98 Å². The zero-order valence-corrected chi connectivity index (χ0v) is 16.4. The van der Waals surface area contributed by atoms with Crippen molar-refractivity contribution in [2.45, 2.75) is 24.7 Å². The Morgan fingerprint density at radius 1 is 1.21 bits per heavy atom. The maximum Gasteiger partial charge on any atom is 0.247 e. The SMILES string of the molecule is CCCSc1nnc2c(n1)O[C@H](c1ccc(O)c(OC)c1)Nc1ccccc1-2. The largest absolute Gasteiger partial charge is 0.504 e. The number of nitrogens with zero attached hydrogens (tertiary/aromatic N) is 3. The number of hydrogen-bond donors (Lipinski definition) is 2. The Morgan fingerprint density at radius 3 is 2.89 bits per heavy atom. The summed E-state index contributed by atoms with van der Waals surface area (Å²) in [7, 11) is 1.51. The van der Waals surface area contributed by atoms with Gasteiger partial charge in [0.1, 0.15) is 0 Å². The highest BCUT2D eigenvalue weighted by molar-refractivity contribution is 7.99. The molecule has 0 radical (unpaired) electrons. The average Bonchev–Trinajstić information content (AvgIpc) is 2.89. The Balaban J connectivity index is 1.78. The van der Waals surface area contributed by atoms with E-state index in [2.05, 4.69) is 27.4 Å². The normalized spacial score (nSPS) is 14.9. The molecule has 7 nitrogen and oxygen atoms in total. The van der Waals surface area contributed by atoms with Crippen LogP contribution in [0.2, 0.25) is 0 Å². The first-order chi connectivity index (χ1) is 13.7. The first-order valence-electron chi connectivity index (χ1n) is 8.96. The van der Waals surface area contributed by atoms with Crippen LogP contribution in [0.3, 0.4) is 0 Å². The summed E-state index contributed by atoms with van der Waals surface area (Å²) in [5.74, 6) is 1.78. The number of thioether (sulfide) groups is 1. The van der Waals surface area contributed by atoms with E-state index in [4.69, 9.17) is 9.47 Å². The third-order valence-electron chi connectivity index (χ3n) is 4.28. The molecule has 144 valence electrons. The van der Waals surface area contributed by atoms with E-state index in [-0.39, 0.29) is 5.75 Å². The van der Waals surface area contributed by atoms with Gasteiger partial charge < -0.3 is 19.9 Å². The molecule has 0 saturated carbocycles. The molecule has 28 heavy (non-hydrogen) atoms. The number of methoxy groups -OCH3 is 1. The zero-order chi connectivity index (χ0) is 19.5. The van der Waals surface area contributed by atoms with Gasteiger partial charge in [-0.1, -0.05) is 36.9 Å². The Labute approximate surface area is 167 Å². The maximum absolute atomic E-state index is 9.90. The first kappa shape index (κ1) is 18.4. The molecule has 1 aliphatic rings. The van der Waals surface area contributed by atoms with E-state index in [9.17, 15) is 5.11 Å². The van der Waals surface area contributed by atoms with E-state index in [1.807, 2.05) is 24.3 Å². The van der Waals surface area contributed by atoms with Crippen molar-refractivity contribution >= 4 is 17.4 Å². The van der Waals surface area contributed by atoms with E-state index in [0.717, 1.165) is 29.0 Å². The van der Waals surface area contributed by atoms with E-state index < -0.39 is 6.23 Å². The quantitative estimate of drug-likeness (QED) is 0.619. The van der Waals surface area contributed by atoms with Crippen LogP contribution >= 0.6 is 11.8 Å². The second kappa shape index (κ2) is 7.93. The van der Waals surface area contributed by atoms with E-state index in [1.165, 1.54) is 7.11 Å². The van der Waals surface area contributed by atoms with Crippen molar-refractivity contribution in [1.29, 1.82) is 0 Å². The van der Waals surface area contributed by atoms with Crippen LogP contribution in [0.25, 0.3) is 11.3 Å². The summed E-state index contributed by atoms with van der Waals surface area (Å²) in [6.45, 7) is 2.11. The standard InChI is InChI=1S/C20H20N4O3S/c1-3-10-28-20-22-19-17(23-24-20)13-6-4-5-7-14(13)21-18(27-19)12-8-9-15(25)16(11-12)26-2/h4-9,11,18,21,25H,3,10H2,1-2H3/t18-/m1/s1. The Hall–Kier alpha value is -3.00. The van der Waals surface area contributed by atoms with Crippen LogP contribution in [0, 0.1) is 0 Å². The average molecular weight is 396 g/mol. The van der Waals surface area contributed by atoms with Crippen molar-refractivity contribution in [2.75, 3.05) is 18.2 Å². The maximum atomic E-state index is 9.90. The molecule has 4 rings (SSSR count). The van der Waals surface area contributed by atoms with Crippen molar-refractivity contribution in [3.05, 3.63) is 48.0 Å². The van der Waals surface area contributed by atoms with Gasteiger partial charge in [-0.25, -0.2) is 0 Å². The topological polar surface area (TPSA) is 89.4 Å². The van der Waals surface area contributed by atoms with Crippen molar-refractivity contribution in [3.63, 3.8) is 0 Å². The van der Waals surface area contributed by atoms with Crippen LogP contribution in [-0.2, 0) is 0 Å². The molecule has 0 unspecified atom stereocenters. The lowest BCUT2D eigenvalue weighted by molar-refractivity contribution is 0.224. The number of phenols is 1. The van der Waals surface area contributed by atoms with Crippen molar-refractivity contribution in [2.24, 2.45) is 0 Å². The van der Waals surface area contributed by atoms with E-state index in [0.29, 0.717) is 22.5 Å². The van der Waals surface area contributed by atoms with Crippen LogP contribution in [0.5, 0.6) is 17.4 Å². The third-order valence-corrected chi connectivity index (χ3v) is 5.32. The van der Waals surface area contributed by atoms with Gasteiger partial charge in [0.05, 0.1) is 7.11 Å². The molecule has 0 amide bonds. The van der Waals surface area contributed by atoms with Crippen LogP contribution in [0.15, 0.2) is 47.6 Å². The first-order valence-corrected chi connectivity index (χ1v) is 9.95. The van der Waals surface area contributed by atoms with Crippen LogP contribution in [0.4, 0.5) is 5.69 Å². The molecule has 0 spiro atoms. The molecule has 2 N–H and O–H groups in total. The minimum Gasteiger partial charge on any atom is -0.504 e. The number of aromatic nitrogens is 3. The molecule has 0 aliphatic carbocycles. The van der Waals surface area contributed by atoms with E-state index in [1.54, 1.807) is 30.0 Å². The number of ether oxygens (including phenoxy) is 2. The summed E-state index contributed by atoms with van der Waals surface area (Å²) in [4.78, 5) is 4.59. The lowest BCUT2D eigenvalue weighted by atomic mass is 10.1. The molecular formula is C20H20N4O3S. The number of fused-ring (bicyclic) bond motifs is 3. The minimum absolute atomic E-state index is 0.0721. The number of para-hydroxylation sites is 1. The molecular weight excluding hydrogens is 376 g/mol. The van der Waals surface area contributed by atoms with E-state index >= 15 is 0 Å². The molecule has 2 heterocycles. The lowest BCUT2D eigenvalue weighted by Crippen LogP contribution is -2.17. The molecule has 1 atom stereocenters. The third kappa shape index (κ3) is 3.55. The van der Waals surface area contributed by atoms with Crippen molar-refractivity contribution in [3.8, 4) is 28.6 Å². The predicted molar refractivity (Wildman–Crippen MR) is 108 cm³/mol. The Kier molecular flexibility index (Phi) is 5.21. The molecule has 8 heteroatoms. The zero-order valence-electron chi connectivity index (χ0n) is 15.5. The number of rotatable bonds is 5. The summed E-state index contributed by atoms with van der Waals surface area (Å²) in [6.07, 6.45) is 0.490. The summed E-state index contributed by atoms with van der Waals surface area (Å²) in [5.41, 5.74) is 3.12. The summed E-state index contributed by atoms with van der Waals surface area (Å²) in [5, 5.41) is 22.5. The monoisotopic (exact) mass is 396 g/mol. The van der Waals surface area contributed by atoms with Gasteiger partial charge in [0.2, 0.25) is 11.0 Å². The second-order valence-corrected chi connectivity index (χ2v) is 7.28. The van der Waals surface area contributed by atoms with Crippen LogP contribution < -0.4 is 14.8 Å². The number of hydrogen-bond acceptors (Lipinski definition) is 8.